The highest BCUT2D eigenvalue weighted by atomic mass is 35.5. The number of aliphatic hydroxyl groups is 1. The first-order valence-corrected chi connectivity index (χ1v) is 10.3. The normalized spacial score (nSPS) is 15.4. The third-order valence-electron chi connectivity index (χ3n) is 5.59. The summed E-state index contributed by atoms with van der Waals surface area (Å²) in [6, 6.07) is 4.06. The minimum Gasteiger partial charge on any atom is -0.395 e. The maximum absolute atomic E-state index is 14.2. The lowest BCUT2D eigenvalue weighted by Gasteiger charge is -2.35. The van der Waals surface area contributed by atoms with E-state index in [1.54, 1.807) is 0 Å². The third-order valence-corrected chi connectivity index (χ3v) is 5.88. The summed E-state index contributed by atoms with van der Waals surface area (Å²) in [5.41, 5.74) is 0.415. The quantitative estimate of drug-likeness (QED) is 0.594. The fourth-order valence-corrected chi connectivity index (χ4v) is 4.14. The average molecular weight is 482 g/mol. The van der Waals surface area contributed by atoms with E-state index in [1.165, 1.54) is 28.6 Å². The maximum Gasteiger partial charge on any atom is 0.322 e. The number of halogens is 4. The van der Waals surface area contributed by atoms with Gasteiger partial charge < -0.3 is 24.6 Å². The first-order chi connectivity index (χ1) is 15.7. The molecule has 0 fully saturated rings. The van der Waals surface area contributed by atoms with E-state index in [-0.39, 0.29) is 47.8 Å². The fourth-order valence-electron chi connectivity index (χ4n) is 3.96. The molecule has 1 aliphatic rings. The highest BCUT2D eigenvalue weighted by Gasteiger charge is 2.32. The summed E-state index contributed by atoms with van der Waals surface area (Å²) < 4.78 is 48.4. The summed E-state index contributed by atoms with van der Waals surface area (Å²) in [6.45, 7) is -0.449. The zero-order valence-electron chi connectivity index (χ0n) is 17.4. The van der Waals surface area contributed by atoms with Crippen LogP contribution < -0.4 is 10.9 Å². The van der Waals surface area contributed by atoms with E-state index < -0.39 is 35.1 Å². The number of fused-ring (bicyclic) bond motifs is 3. The van der Waals surface area contributed by atoms with Crippen LogP contribution in [0.3, 0.4) is 0 Å². The lowest BCUT2D eigenvalue weighted by atomic mass is 9.95. The molecule has 0 radical (unpaired) electrons. The van der Waals surface area contributed by atoms with E-state index in [2.05, 4.69) is 5.32 Å². The Labute approximate surface area is 190 Å². The Bertz CT molecular complexity index is 1310. The van der Waals surface area contributed by atoms with Crippen molar-refractivity contribution in [2.75, 3.05) is 25.6 Å². The molecule has 0 saturated heterocycles. The largest absolute Gasteiger partial charge is 0.395 e. The van der Waals surface area contributed by atoms with Crippen molar-refractivity contribution in [1.82, 2.24) is 9.47 Å². The second kappa shape index (κ2) is 9.05. The molecule has 2 aromatic carbocycles. The minimum atomic E-state index is -1.18. The van der Waals surface area contributed by atoms with E-state index in [0.717, 1.165) is 18.2 Å². The number of likely N-dealkylation sites (N-methyl/N-ethyl adjacent to an activating group) is 1. The lowest BCUT2D eigenvalue weighted by Crippen LogP contribution is -2.41. The van der Waals surface area contributed by atoms with Gasteiger partial charge >= 0.3 is 6.03 Å². The Morgan fingerprint density at radius 3 is 2.58 bits per heavy atom. The van der Waals surface area contributed by atoms with Crippen LogP contribution >= 0.6 is 11.6 Å². The van der Waals surface area contributed by atoms with Crippen molar-refractivity contribution in [3.05, 3.63) is 74.4 Å². The Morgan fingerprint density at radius 1 is 1.21 bits per heavy atom. The van der Waals surface area contributed by atoms with Crippen molar-refractivity contribution in [3.8, 4) is 0 Å². The van der Waals surface area contributed by atoms with Crippen LogP contribution in [0.25, 0.3) is 10.8 Å². The van der Waals surface area contributed by atoms with Gasteiger partial charge in [-0.15, -0.1) is 0 Å². The molecule has 2 heterocycles. The van der Waals surface area contributed by atoms with Crippen LogP contribution in [0.5, 0.6) is 0 Å². The molecule has 7 nitrogen and oxygen atoms in total. The van der Waals surface area contributed by atoms with Crippen LogP contribution in [0.4, 0.5) is 23.7 Å². The smallest absolute Gasteiger partial charge is 0.322 e. The van der Waals surface area contributed by atoms with Crippen LogP contribution in [-0.2, 0) is 17.9 Å². The van der Waals surface area contributed by atoms with Gasteiger partial charge in [0, 0.05) is 24.8 Å². The average Bonchev–Trinajstić information content (AvgIpc) is 2.79. The number of hydrogen-bond acceptors (Lipinski definition) is 4. The molecule has 0 saturated carbocycles. The Hall–Kier alpha value is -3.08. The van der Waals surface area contributed by atoms with E-state index in [0.29, 0.717) is 11.3 Å². The second-order valence-electron chi connectivity index (χ2n) is 7.55. The molecule has 0 aliphatic carbocycles. The second-order valence-corrected chi connectivity index (χ2v) is 7.96. The van der Waals surface area contributed by atoms with Gasteiger partial charge in [-0.3, -0.25) is 4.79 Å². The molecule has 0 bridgehead atoms. The number of aliphatic hydroxyl groups excluding tert-OH is 1. The predicted octanol–water partition coefficient (Wildman–Crippen LogP) is 3.80. The van der Waals surface area contributed by atoms with Crippen molar-refractivity contribution in [2.45, 2.75) is 19.2 Å². The Balaban J connectivity index is 1.81. The number of benzene rings is 2. The van der Waals surface area contributed by atoms with Gasteiger partial charge in [0.1, 0.15) is 5.82 Å². The van der Waals surface area contributed by atoms with Crippen LogP contribution in [-0.4, -0.2) is 40.9 Å². The molecule has 11 heteroatoms. The summed E-state index contributed by atoms with van der Waals surface area (Å²) in [6.07, 6.45) is 0. The highest BCUT2D eigenvalue weighted by Crippen LogP contribution is 2.35. The molecular formula is C22H19ClF3N3O4. The summed E-state index contributed by atoms with van der Waals surface area (Å²) in [5, 5.41) is 11.9. The number of ether oxygens (including phenoxy) is 1. The van der Waals surface area contributed by atoms with E-state index in [1.807, 2.05) is 0 Å². The molecule has 33 heavy (non-hydrogen) atoms. The van der Waals surface area contributed by atoms with Gasteiger partial charge in [0.15, 0.2) is 11.6 Å². The number of anilines is 1. The number of urea groups is 1. The molecule has 0 unspecified atom stereocenters. The molecular weight excluding hydrogens is 463 g/mol. The summed E-state index contributed by atoms with van der Waals surface area (Å²) in [5.74, 6) is -2.96. The lowest BCUT2D eigenvalue weighted by molar-refractivity contribution is 0.0493. The fraction of sp³-hybridized carbons (Fsp3) is 0.273. The molecule has 1 atom stereocenters. The van der Waals surface area contributed by atoms with Crippen molar-refractivity contribution >= 4 is 34.1 Å². The monoisotopic (exact) mass is 481 g/mol. The highest BCUT2D eigenvalue weighted by molar-refractivity contribution is 6.31. The zero-order chi connectivity index (χ0) is 23.9. The summed E-state index contributed by atoms with van der Waals surface area (Å²) in [4.78, 5) is 27.1. The zero-order valence-corrected chi connectivity index (χ0v) is 18.1. The number of hydrogen-bond donors (Lipinski definition) is 2. The molecule has 2 N–H and O–H groups in total. The van der Waals surface area contributed by atoms with Crippen molar-refractivity contribution in [2.24, 2.45) is 0 Å². The van der Waals surface area contributed by atoms with E-state index in [9.17, 15) is 27.9 Å². The molecule has 1 aliphatic heterocycles. The number of carbonyl (C=O) groups excluding carboxylic acids is 1. The van der Waals surface area contributed by atoms with Gasteiger partial charge in [-0.1, -0.05) is 11.6 Å². The van der Waals surface area contributed by atoms with Crippen molar-refractivity contribution in [3.63, 3.8) is 0 Å². The van der Waals surface area contributed by atoms with E-state index in [4.69, 9.17) is 16.3 Å². The minimum absolute atomic E-state index is 0.0148. The number of rotatable bonds is 4. The number of carbonyl (C=O) groups is 1. The van der Waals surface area contributed by atoms with Crippen molar-refractivity contribution in [1.29, 1.82) is 0 Å². The number of nitrogens with zero attached hydrogens (tertiary/aromatic N) is 2. The Morgan fingerprint density at radius 2 is 1.91 bits per heavy atom. The molecule has 3 aromatic rings. The van der Waals surface area contributed by atoms with Gasteiger partial charge in [-0.25, -0.2) is 18.0 Å². The first-order valence-electron chi connectivity index (χ1n) is 9.94. The molecule has 1 aromatic heterocycles. The molecule has 0 spiro atoms. The summed E-state index contributed by atoms with van der Waals surface area (Å²) >= 11 is 5.77. The van der Waals surface area contributed by atoms with Gasteiger partial charge in [-0.05, 0) is 35.7 Å². The maximum atomic E-state index is 14.2. The third kappa shape index (κ3) is 4.17. The molecule has 2 amide bonds. The van der Waals surface area contributed by atoms with Gasteiger partial charge in [0.2, 0.25) is 0 Å². The van der Waals surface area contributed by atoms with Crippen LogP contribution in [0, 0.1) is 17.5 Å². The summed E-state index contributed by atoms with van der Waals surface area (Å²) in [7, 11) is 1.47. The predicted molar refractivity (Wildman–Crippen MR) is 116 cm³/mol. The number of nitrogens with one attached hydrogen (secondary N) is 1. The topological polar surface area (TPSA) is 83.8 Å². The first kappa shape index (κ1) is 23.1. The standard InChI is InChI=1S/C22H19ClF3N3O4/c1-28(22(32)27-11-2-3-15(24)14(23)6-11)18-9-33-10-19-20(18)12-7-16(25)17(26)8-13(12)21(31)29(19)4-5-30/h2-3,6-8,18,30H,4-5,9-10H2,1H3,(H,27,32)/t18-/m0/s1. The van der Waals surface area contributed by atoms with E-state index >= 15 is 0 Å². The van der Waals surface area contributed by atoms with Gasteiger partial charge in [0.05, 0.1) is 42.0 Å². The Kier molecular flexibility index (Phi) is 6.33. The van der Waals surface area contributed by atoms with Crippen LogP contribution in [0.15, 0.2) is 35.1 Å². The SMILES string of the molecule is CN(C(=O)Nc1ccc(F)c(Cl)c1)[C@H]1COCc2c1c1cc(F)c(F)cc1c(=O)n2CCO. The molecule has 174 valence electrons. The van der Waals surface area contributed by atoms with Gasteiger partial charge in [-0.2, -0.15) is 0 Å². The van der Waals surface area contributed by atoms with Crippen LogP contribution in [0.1, 0.15) is 17.3 Å². The van der Waals surface area contributed by atoms with Gasteiger partial charge in [0.25, 0.3) is 5.56 Å². The van der Waals surface area contributed by atoms with Crippen LogP contribution in [0.2, 0.25) is 5.02 Å². The van der Waals surface area contributed by atoms with Crippen molar-refractivity contribution < 1.29 is 27.8 Å². The molecule has 4 rings (SSSR count). The number of aromatic nitrogens is 1. The number of amides is 2. The number of pyridine rings is 1.